The van der Waals surface area contributed by atoms with Gasteiger partial charge in [-0.05, 0) is 37.8 Å². The predicted molar refractivity (Wildman–Crippen MR) is 79.3 cm³/mol. The molecule has 1 saturated heterocycles. The molecule has 0 aromatic carbocycles. The van der Waals surface area contributed by atoms with Crippen LogP contribution in [0.1, 0.15) is 44.9 Å². The first kappa shape index (κ1) is 13.3. The van der Waals surface area contributed by atoms with Gasteiger partial charge in [0.15, 0.2) is 0 Å². The molecule has 2 aliphatic rings. The lowest BCUT2D eigenvalue weighted by Gasteiger charge is -2.43. The predicted octanol–water partition coefficient (Wildman–Crippen LogP) is 3.64. The van der Waals surface area contributed by atoms with Gasteiger partial charge in [0.05, 0.1) is 22.5 Å². The first-order valence-electron chi connectivity index (χ1n) is 7.28. The molecule has 4 heteroatoms. The fourth-order valence-corrected chi connectivity index (χ4v) is 4.46. The van der Waals surface area contributed by atoms with Crippen molar-refractivity contribution in [2.45, 2.75) is 60.8 Å². The summed E-state index contributed by atoms with van der Waals surface area (Å²) in [5, 5.41) is 1.73. The molecule has 19 heavy (non-hydrogen) atoms. The van der Waals surface area contributed by atoms with Crippen molar-refractivity contribution in [2.75, 3.05) is 12.3 Å². The molecular formula is C15H22N2OS. The summed E-state index contributed by atoms with van der Waals surface area (Å²) in [5.41, 5.74) is 6.60. The molecule has 0 bridgehead atoms. The smallest absolute Gasteiger partial charge is 0.0964 e. The fourth-order valence-electron chi connectivity index (χ4n) is 3.26. The van der Waals surface area contributed by atoms with E-state index in [1.165, 1.54) is 38.5 Å². The molecule has 1 unspecified atom stereocenters. The first-order valence-corrected chi connectivity index (χ1v) is 8.16. The number of nitrogens with zero attached hydrogens (tertiary/aromatic N) is 1. The van der Waals surface area contributed by atoms with Crippen LogP contribution in [0.15, 0.2) is 23.4 Å². The molecule has 1 spiro atoms. The zero-order chi connectivity index (χ0) is 13.1. The highest BCUT2D eigenvalue weighted by Gasteiger charge is 2.38. The van der Waals surface area contributed by atoms with Gasteiger partial charge in [-0.2, -0.15) is 0 Å². The van der Waals surface area contributed by atoms with Crippen molar-refractivity contribution in [1.82, 2.24) is 4.98 Å². The van der Waals surface area contributed by atoms with Crippen molar-refractivity contribution in [3.8, 4) is 0 Å². The number of hydrogen-bond donors (Lipinski definition) is 1. The molecule has 0 radical (unpaired) electrons. The van der Waals surface area contributed by atoms with E-state index in [1.54, 1.807) is 6.20 Å². The highest BCUT2D eigenvalue weighted by Crippen LogP contribution is 2.42. The maximum Gasteiger partial charge on any atom is 0.0964 e. The number of pyridine rings is 1. The molecule has 1 aliphatic carbocycles. The Morgan fingerprint density at radius 3 is 2.84 bits per heavy atom. The number of nitrogens with two attached hydrogens (primary N) is 1. The zero-order valence-corrected chi connectivity index (χ0v) is 12.1. The van der Waals surface area contributed by atoms with E-state index in [0.29, 0.717) is 5.25 Å². The lowest BCUT2D eigenvalue weighted by atomic mass is 9.80. The molecule has 1 aromatic heterocycles. The van der Waals surface area contributed by atoms with Gasteiger partial charge in [0.1, 0.15) is 0 Å². The summed E-state index contributed by atoms with van der Waals surface area (Å²) >= 11 is 1.89. The molecule has 1 atom stereocenters. The Balaban J connectivity index is 1.63. The maximum atomic E-state index is 6.14. The molecule has 2 heterocycles. The van der Waals surface area contributed by atoms with Crippen molar-refractivity contribution in [2.24, 2.45) is 0 Å². The third-order valence-electron chi connectivity index (χ3n) is 4.26. The van der Waals surface area contributed by atoms with Crippen molar-refractivity contribution in [1.29, 1.82) is 0 Å². The van der Waals surface area contributed by atoms with E-state index >= 15 is 0 Å². The Morgan fingerprint density at radius 2 is 2.11 bits per heavy atom. The second-order valence-electron chi connectivity index (χ2n) is 5.75. The summed E-state index contributed by atoms with van der Waals surface area (Å²) in [7, 11) is 0. The zero-order valence-electron chi connectivity index (χ0n) is 11.3. The van der Waals surface area contributed by atoms with Crippen molar-refractivity contribution >= 4 is 17.4 Å². The highest BCUT2D eigenvalue weighted by molar-refractivity contribution is 7.99. The summed E-state index contributed by atoms with van der Waals surface area (Å²) in [6.07, 6.45) is 10.6. The van der Waals surface area contributed by atoms with E-state index in [2.05, 4.69) is 4.98 Å². The minimum absolute atomic E-state index is 0.183. The van der Waals surface area contributed by atoms with Gasteiger partial charge in [-0.15, -0.1) is 11.8 Å². The second-order valence-corrected chi connectivity index (χ2v) is 7.08. The average molecular weight is 278 g/mol. The van der Waals surface area contributed by atoms with Gasteiger partial charge in [0, 0.05) is 11.9 Å². The summed E-state index contributed by atoms with van der Waals surface area (Å²) < 4.78 is 6.14. The topological polar surface area (TPSA) is 48.1 Å². The number of rotatable bonds is 2. The Morgan fingerprint density at radius 1 is 1.26 bits per heavy atom. The van der Waals surface area contributed by atoms with Gasteiger partial charge in [-0.1, -0.05) is 19.3 Å². The normalized spacial score (nSPS) is 26.4. The average Bonchev–Trinajstić information content (AvgIpc) is 2.42. The summed E-state index contributed by atoms with van der Waals surface area (Å²) in [6, 6.07) is 3.97. The molecule has 1 aliphatic heterocycles. The monoisotopic (exact) mass is 278 g/mol. The van der Waals surface area contributed by atoms with Gasteiger partial charge in [-0.25, -0.2) is 4.98 Å². The van der Waals surface area contributed by atoms with E-state index in [-0.39, 0.29) is 5.60 Å². The van der Waals surface area contributed by atoms with E-state index in [0.717, 1.165) is 23.7 Å². The van der Waals surface area contributed by atoms with Crippen LogP contribution in [0.4, 0.5) is 5.69 Å². The van der Waals surface area contributed by atoms with Gasteiger partial charge < -0.3 is 10.5 Å². The molecular weight excluding hydrogens is 256 g/mol. The lowest BCUT2D eigenvalue weighted by Crippen LogP contribution is -2.42. The summed E-state index contributed by atoms with van der Waals surface area (Å²) in [6.45, 7) is 0.909. The van der Waals surface area contributed by atoms with Crippen LogP contribution in [-0.2, 0) is 4.74 Å². The molecule has 3 nitrogen and oxygen atoms in total. The van der Waals surface area contributed by atoms with Crippen molar-refractivity contribution < 1.29 is 4.74 Å². The van der Waals surface area contributed by atoms with Crippen molar-refractivity contribution in [3.63, 3.8) is 0 Å². The molecule has 1 saturated carbocycles. The van der Waals surface area contributed by atoms with Crippen LogP contribution in [-0.4, -0.2) is 22.4 Å². The maximum absolute atomic E-state index is 6.14. The lowest BCUT2D eigenvalue weighted by molar-refractivity contribution is -0.0971. The second kappa shape index (κ2) is 5.71. The van der Waals surface area contributed by atoms with Gasteiger partial charge in [0.2, 0.25) is 0 Å². The molecule has 2 N–H and O–H groups in total. The third-order valence-corrected chi connectivity index (χ3v) is 5.48. The number of aromatic nitrogens is 1. The van der Waals surface area contributed by atoms with E-state index in [9.17, 15) is 0 Å². The Bertz CT molecular complexity index is 409. The first-order chi connectivity index (χ1) is 9.26. The Hall–Kier alpha value is -0.740. The fraction of sp³-hybridized carbons (Fsp3) is 0.667. The van der Waals surface area contributed by atoms with Crippen LogP contribution in [0.3, 0.4) is 0 Å². The summed E-state index contributed by atoms with van der Waals surface area (Å²) in [4.78, 5) is 4.40. The number of ether oxygens (including phenoxy) is 1. The summed E-state index contributed by atoms with van der Waals surface area (Å²) in [5.74, 6) is 0. The van der Waals surface area contributed by atoms with Crippen LogP contribution in [0.2, 0.25) is 0 Å². The standard InChI is InChI=1S/C15H22N2OS/c16-12-4-5-14(17-11-12)19-13-6-9-18-15(10-13)7-2-1-3-8-15/h4-5,11,13H,1-3,6-10,16H2. The molecule has 0 amide bonds. The van der Waals surface area contributed by atoms with Crippen LogP contribution in [0, 0.1) is 0 Å². The van der Waals surface area contributed by atoms with Gasteiger partial charge >= 0.3 is 0 Å². The Labute approximate surface area is 119 Å². The quantitative estimate of drug-likeness (QED) is 0.897. The van der Waals surface area contributed by atoms with E-state index in [1.807, 2.05) is 23.9 Å². The van der Waals surface area contributed by atoms with Crippen LogP contribution >= 0.6 is 11.8 Å². The van der Waals surface area contributed by atoms with E-state index in [4.69, 9.17) is 10.5 Å². The molecule has 104 valence electrons. The minimum atomic E-state index is 0.183. The van der Waals surface area contributed by atoms with Gasteiger partial charge in [0.25, 0.3) is 0 Å². The van der Waals surface area contributed by atoms with Gasteiger partial charge in [-0.3, -0.25) is 0 Å². The minimum Gasteiger partial charge on any atom is -0.397 e. The number of anilines is 1. The third kappa shape index (κ3) is 3.23. The number of thioether (sulfide) groups is 1. The Kier molecular flexibility index (Phi) is 3.99. The number of nitrogen functional groups attached to an aromatic ring is 1. The SMILES string of the molecule is Nc1ccc(SC2CCOC3(CCCCC3)C2)nc1. The van der Waals surface area contributed by atoms with Crippen molar-refractivity contribution in [3.05, 3.63) is 18.3 Å². The van der Waals surface area contributed by atoms with Crippen LogP contribution < -0.4 is 5.73 Å². The van der Waals surface area contributed by atoms with Crippen LogP contribution in [0.5, 0.6) is 0 Å². The highest BCUT2D eigenvalue weighted by atomic mass is 32.2. The molecule has 3 rings (SSSR count). The van der Waals surface area contributed by atoms with E-state index < -0.39 is 0 Å². The number of hydrogen-bond acceptors (Lipinski definition) is 4. The molecule has 1 aromatic rings. The largest absolute Gasteiger partial charge is 0.397 e. The van der Waals surface area contributed by atoms with Crippen LogP contribution in [0.25, 0.3) is 0 Å². The molecule has 2 fully saturated rings.